The largest absolute Gasteiger partial charge is 2.00 e. The van der Waals surface area contributed by atoms with Gasteiger partial charge in [0.2, 0.25) is 11.8 Å². The Hall–Kier alpha value is -0.721. The van der Waals surface area contributed by atoms with Gasteiger partial charge in [0, 0.05) is 16.2 Å². The third-order valence-electron chi connectivity index (χ3n) is 5.73. The molecule has 19 nitrogen and oxygen atoms in total. The van der Waals surface area contributed by atoms with Crippen LogP contribution in [0.15, 0.2) is 107 Å². The Kier molecular flexibility index (Phi) is 23.0. The van der Waals surface area contributed by atoms with Gasteiger partial charge in [0.25, 0.3) is 0 Å². The monoisotopic (exact) mass is 912 g/mol. The fourth-order valence-electron chi connectivity index (χ4n) is 3.64. The van der Waals surface area contributed by atoms with E-state index in [4.69, 9.17) is 11.6 Å². The van der Waals surface area contributed by atoms with Crippen LogP contribution in [0, 0.1) is 12.0 Å². The number of azo groups is 1. The molecule has 1 aliphatic carbocycles. The minimum Gasteiger partial charge on any atom is -0.883 e. The van der Waals surface area contributed by atoms with Crippen LogP contribution in [-0.2, 0) is 47.4 Å². The van der Waals surface area contributed by atoms with Crippen LogP contribution in [0.25, 0.3) is 0 Å². The molecule has 54 heavy (non-hydrogen) atoms. The van der Waals surface area contributed by atoms with Crippen molar-refractivity contribution < 1.29 is 198 Å². The molecular formula is C24H10ClCuF2N7Na4O12S3. The number of allylic oxidation sites excluding steroid dienone is 4. The summed E-state index contributed by atoms with van der Waals surface area (Å²) < 4.78 is 132. The molecule has 0 unspecified atom stereocenters. The van der Waals surface area contributed by atoms with E-state index in [2.05, 4.69) is 35.7 Å². The van der Waals surface area contributed by atoms with Crippen molar-refractivity contribution in [2.45, 2.75) is 14.7 Å². The maximum atomic E-state index is 13.7. The molecule has 1 heterocycles. The van der Waals surface area contributed by atoms with Gasteiger partial charge in [-0.15, -0.1) is 20.4 Å². The molecule has 0 atom stereocenters. The molecule has 3 aromatic rings. The number of halogens is 3. The number of benzene rings is 2. The Bertz CT molecular complexity index is 2440. The summed E-state index contributed by atoms with van der Waals surface area (Å²) >= 11 is 5.69. The van der Waals surface area contributed by atoms with Crippen LogP contribution in [0.3, 0.4) is 0 Å². The third kappa shape index (κ3) is 14.3. The van der Waals surface area contributed by atoms with Crippen molar-refractivity contribution in [3.63, 3.8) is 0 Å². The summed E-state index contributed by atoms with van der Waals surface area (Å²) in [5.74, 6) is -6.75. The quantitative estimate of drug-likeness (QED) is 0.0252. The second-order valence-corrected chi connectivity index (χ2v) is 13.4. The first-order chi connectivity index (χ1) is 22.7. The van der Waals surface area contributed by atoms with Gasteiger partial charge in [-0.2, -0.15) is 24.7 Å². The van der Waals surface area contributed by atoms with Gasteiger partial charge in [-0.3, -0.25) is 0 Å². The van der Waals surface area contributed by atoms with Gasteiger partial charge < -0.3 is 34.3 Å². The van der Waals surface area contributed by atoms with Crippen LogP contribution in [0.4, 0.5) is 20.3 Å². The molecule has 267 valence electrons. The second-order valence-electron chi connectivity index (χ2n) is 8.94. The zero-order chi connectivity index (χ0) is 36.5. The molecule has 4 rings (SSSR count). The number of aromatic nitrogens is 2. The second kappa shape index (κ2) is 22.4. The molecule has 1 radical (unpaired) electrons. The predicted molar refractivity (Wildman–Crippen MR) is 150 cm³/mol. The number of anilines is 1. The third-order valence-corrected chi connectivity index (χ3v) is 8.62. The van der Waals surface area contributed by atoms with Gasteiger partial charge in [-0.25, -0.2) is 25.3 Å². The summed E-state index contributed by atoms with van der Waals surface area (Å²) in [6.07, 6.45) is 1.27. The van der Waals surface area contributed by atoms with Gasteiger partial charge >= 0.3 is 141 Å². The Morgan fingerprint density at radius 1 is 0.833 bits per heavy atom. The topological polar surface area (TPSA) is 328 Å². The summed E-state index contributed by atoms with van der Waals surface area (Å²) in [6.45, 7) is 0. The van der Waals surface area contributed by atoms with Gasteiger partial charge in [-0.1, -0.05) is 29.5 Å². The minimum absolute atomic E-state index is 0. The van der Waals surface area contributed by atoms with Crippen molar-refractivity contribution in [1.29, 1.82) is 0 Å². The van der Waals surface area contributed by atoms with Crippen LogP contribution in [-0.4, -0.2) is 60.4 Å². The molecule has 1 N–H and O–H groups in total. The van der Waals surface area contributed by atoms with Crippen LogP contribution in [0.5, 0.6) is 5.75 Å². The van der Waals surface area contributed by atoms with Crippen molar-refractivity contribution >= 4 is 65.0 Å². The zero-order valence-electron chi connectivity index (χ0n) is 27.4. The van der Waals surface area contributed by atoms with Crippen LogP contribution in [0.1, 0.15) is 5.56 Å². The predicted octanol–water partition coefficient (Wildman–Crippen LogP) is -12.4. The van der Waals surface area contributed by atoms with Crippen molar-refractivity contribution in [3.05, 3.63) is 94.5 Å². The molecule has 1 aromatic heterocycles. The van der Waals surface area contributed by atoms with Gasteiger partial charge in [0.15, 0.2) is 5.82 Å². The molecule has 0 saturated heterocycles. The smallest absolute Gasteiger partial charge is 0.883 e. The van der Waals surface area contributed by atoms with E-state index in [0.29, 0.717) is 0 Å². The maximum Gasteiger partial charge on any atom is 2.00 e. The average Bonchev–Trinajstić information content (AvgIpc) is 2.99. The molecule has 2 aromatic carbocycles. The molecule has 1 aliphatic rings. The van der Waals surface area contributed by atoms with E-state index in [1.165, 1.54) is 0 Å². The van der Waals surface area contributed by atoms with Gasteiger partial charge in [0.1, 0.15) is 35.4 Å². The molecule has 0 bridgehead atoms. The molecule has 0 saturated carbocycles. The van der Waals surface area contributed by atoms with E-state index in [-0.39, 0.29) is 153 Å². The van der Waals surface area contributed by atoms with Crippen LogP contribution in [0.2, 0.25) is 5.02 Å². The van der Waals surface area contributed by atoms with Gasteiger partial charge in [-0.05, 0) is 48.1 Å². The van der Waals surface area contributed by atoms with E-state index in [1.54, 1.807) is 0 Å². The number of rotatable bonds is 8. The first-order valence-electron chi connectivity index (χ1n) is 12.2. The first-order valence-corrected chi connectivity index (χ1v) is 16.8. The average molecular weight is 914 g/mol. The number of nitrogens with one attached hydrogen (secondary N) is 1. The summed E-state index contributed by atoms with van der Waals surface area (Å²) in [6, 6.07) is 4.14. The number of nitrogens with zero attached hydrogens (tertiary/aromatic N) is 6. The summed E-state index contributed by atoms with van der Waals surface area (Å²) in [5, 5.41) is 52.0. The molecule has 0 aliphatic heterocycles. The Morgan fingerprint density at radius 3 is 1.98 bits per heavy atom. The molecule has 0 fully saturated rings. The Morgan fingerprint density at radius 2 is 1.43 bits per heavy atom. The fourth-order valence-corrected chi connectivity index (χ4v) is 5.65. The first kappa shape index (κ1) is 55.4. The maximum absolute atomic E-state index is 13.7. The molecular weight excluding hydrogens is 903 g/mol. The fraction of sp³-hybridized carbons (Fsp3) is 0. The number of hydrogen-bond donors (Lipinski definition) is 1. The standard InChI is InChI=1S/C24H16ClF2N7O12S3.Cu.4Na/c25-18-20(26)29-24(27)30-22(18)28-10-5-6-14(13(7-10)23(36)37)31-33-21(12-3-1-2-4-16(12)48(41,42)43)34-32-15-8-11(47(38,39)40)9-17(19(15)35)49(44,45)46;;;;;/h1-9,35-37H,(H,28,29,30)(H,38,39,40)(H,41,42,43)(H,44,45,46);;;;;/q;+2;4*+1/p-6. The van der Waals surface area contributed by atoms with Crippen molar-refractivity contribution in [2.75, 3.05) is 5.32 Å². The van der Waals surface area contributed by atoms with E-state index >= 15 is 0 Å². The SMILES string of the molecule is O=S(=O)([O-])c1cc(N=NC(=NN=C2C=CC(Nc3nc(F)nc(F)c3Cl)=CC2=C([O-])[O-])c2ccccc2S(=O)(=O)[O-])c([O-])c(S(=O)(=O)[O-])c1.[Cu+2].[Na+].[Na+].[Na+].[Na+]. The van der Waals surface area contributed by atoms with E-state index in [1.807, 2.05) is 0 Å². The van der Waals surface area contributed by atoms with Crippen molar-refractivity contribution in [1.82, 2.24) is 9.97 Å². The van der Waals surface area contributed by atoms with Crippen LogP contribution < -0.4 is 139 Å². The van der Waals surface area contributed by atoms with Gasteiger partial charge in [0.05, 0.1) is 21.2 Å². The molecule has 30 heteroatoms. The normalized spacial score (nSPS) is 13.7. The van der Waals surface area contributed by atoms with Crippen molar-refractivity contribution in [2.24, 2.45) is 20.4 Å². The minimum atomic E-state index is -5.70. The number of amidine groups is 1. The summed E-state index contributed by atoms with van der Waals surface area (Å²) in [4.78, 5) is 1.87. The Labute approximate surface area is 408 Å². The van der Waals surface area contributed by atoms with E-state index in [9.17, 15) is 63.0 Å². The van der Waals surface area contributed by atoms with E-state index < -0.39 is 108 Å². The van der Waals surface area contributed by atoms with Crippen molar-refractivity contribution in [3.8, 4) is 5.75 Å². The van der Waals surface area contributed by atoms with Crippen LogP contribution >= 0.6 is 11.6 Å². The van der Waals surface area contributed by atoms with E-state index in [0.717, 1.165) is 42.5 Å². The Balaban J connectivity index is 0. The summed E-state index contributed by atoms with van der Waals surface area (Å²) in [5.41, 5.74) is -3.54. The summed E-state index contributed by atoms with van der Waals surface area (Å²) in [7, 11) is -16.5. The number of hydrogen-bond acceptors (Lipinski definition) is 18. The molecule has 0 spiro atoms. The zero-order valence-corrected chi connectivity index (χ0v) is 39.6. The molecule has 0 amide bonds.